The maximum Gasteiger partial charge on any atom is 0.274 e. The number of nitro benzene ring substituents is 1. The van der Waals surface area contributed by atoms with Gasteiger partial charge in [0.25, 0.3) is 5.69 Å². The fourth-order valence-corrected chi connectivity index (χ4v) is 2.78. The highest BCUT2D eigenvalue weighted by Gasteiger charge is 2.12. The molecular weight excluding hydrogens is 539 g/mol. The molecule has 0 aliphatic carbocycles. The second-order valence-corrected chi connectivity index (χ2v) is 7.25. The van der Waals surface area contributed by atoms with Crippen molar-refractivity contribution in [3.63, 3.8) is 0 Å². The van der Waals surface area contributed by atoms with Gasteiger partial charge < -0.3 is 24.8 Å². The van der Waals surface area contributed by atoms with Crippen LogP contribution in [0.5, 0.6) is 5.75 Å². The van der Waals surface area contributed by atoms with E-state index >= 15 is 0 Å². The molecule has 0 saturated carbocycles. The highest BCUT2D eigenvalue weighted by atomic mass is 127. The number of nitro groups is 1. The van der Waals surface area contributed by atoms with Gasteiger partial charge in [-0.3, -0.25) is 10.1 Å². The minimum absolute atomic E-state index is 0. The van der Waals surface area contributed by atoms with Crippen LogP contribution in [0, 0.1) is 10.1 Å². The topological polar surface area (TPSA) is 107 Å². The average Bonchev–Trinajstić information content (AvgIpc) is 2.77. The predicted octanol–water partition coefficient (Wildman–Crippen LogP) is 4.61. The third-order valence-corrected chi connectivity index (χ3v) is 4.27. The summed E-state index contributed by atoms with van der Waals surface area (Å²) in [5.41, 5.74) is 1.42. The molecule has 0 amide bonds. The highest BCUT2D eigenvalue weighted by Crippen LogP contribution is 2.19. The van der Waals surface area contributed by atoms with Crippen LogP contribution in [0.4, 0.5) is 11.4 Å². The molecule has 0 fully saturated rings. The van der Waals surface area contributed by atoms with Crippen LogP contribution in [0.3, 0.4) is 0 Å². The normalized spacial score (nSPS) is 11.1. The maximum atomic E-state index is 11.3. The molecule has 182 valence electrons. The first kappa shape index (κ1) is 28.6. The molecule has 2 aromatic carbocycles. The van der Waals surface area contributed by atoms with Crippen molar-refractivity contribution in [3.05, 3.63) is 64.2 Å². The van der Waals surface area contributed by atoms with E-state index in [1.807, 2.05) is 38.1 Å². The monoisotopic (exact) mass is 572 g/mol. The average molecular weight is 572 g/mol. The summed E-state index contributed by atoms with van der Waals surface area (Å²) in [6, 6.07) is 14.2. The lowest BCUT2D eigenvalue weighted by atomic mass is 10.2. The first-order valence-electron chi connectivity index (χ1n) is 10.6. The zero-order valence-corrected chi connectivity index (χ0v) is 21.6. The van der Waals surface area contributed by atoms with E-state index in [2.05, 4.69) is 15.6 Å². The number of hydrogen-bond acceptors (Lipinski definition) is 6. The molecule has 0 saturated heterocycles. The largest absolute Gasteiger partial charge is 0.491 e. The quantitative estimate of drug-likeness (QED) is 0.0902. The van der Waals surface area contributed by atoms with Crippen LogP contribution in [-0.4, -0.2) is 50.5 Å². The molecule has 10 heteroatoms. The number of nitrogens with zero attached hydrogens (tertiary/aromatic N) is 2. The Labute approximate surface area is 212 Å². The second-order valence-electron chi connectivity index (χ2n) is 7.25. The number of methoxy groups -OCH3 is 1. The molecular formula is C23H33IN4O5. The van der Waals surface area contributed by atoms with Crippen molar-refractivity contribution in [2.45, 2.75) is 32.9 Å². The van der Waals surface area contributed by atoms with Crippen molar-refractivity contribution >= 4 is 41.3 Å². The Morgan fingerprint density at radius 3 is 2.48 bits per heavy atom. The molecule has 0 spiro atoms. The summed E-state index contributed by atoms with van der Waals surface area (Å²) < 4.78 is 16.1. The van der Waals surface area contributed by atoms with Crippen LogP contribution in [0.2, 0.25) is 0 Å². The molecule has 0 unspecified atom stereocenters. The fourth-order valence-electron chi connectivity index (χ4n) is 2.78. The lowest BCUT2D eigenvalue weighted by Crippen LogP contribution is -2.32. The van der Waals surface area contributed by atoms with Gasteiger partial charge in [-0.05, 0) is 44.5 Å². The van der Waals surface area contributed by atoms with E-state index in [1.54, 1.807) is 25.3 Å². The van der Waals surface area contributed by atoms with Crippen LogP contribution >= 0.6 is 24.0 Å². The van der Waals surface area contributed by atoms with Gasteiger partial charge in [0, 0.05) is 32.0 Å². The van der Waals surface area contributed by atoms with E-state index in [9.17, 15) is 10.1 Å². The molecule has 2 aromatic rings. The molecule has 33 heavy (non-hydrogen) atoms. The Kier molecular flexibility index (Phi) is 14.1. The SMILES string of the molecule is COCCOCCCNC(=NCc1ccccc1[N+](=O)[O-])Nc1ccc(OC(C)C)cc1.I. The van der Waals surface area contributed by atoms with Gasteiger partial charge in [-0.2, -0.15) is 0 Å². The van der Waals surface area contributed by atoms with Gasteiger partial charge in [-0.1, -0.05) is 18.2 Å². The van der Waals surface area contributed by atoms with Crippen molar-refractivity contribution in [2.24, 2.45) is 4.99 Å². The van der Waals surface area contributed by atoms with Crippen LogP contribution in [0.15, 0.2) is 53.5 Å². The van der Waals surface area contributed by atoms with Crippen LogP contribution in [0.25, 0.3) is 0 Å². The molecule has 0 aliphatic heterocycles. The number of rotatable bonds is 13. The summed E-state index contributed by atoms with van der Waals surface area (Å²) in [6.45, 7) is 6.46. The van der Waals surface area contributed by atoms with Crippen LogP contribution < -0.4 is 15.4 Å². The summed E-state index contributed by atoms with van der Waals surface area (Å²) >= 11 is 0. The first-order valence-corrected chi connectivity index (χ1v) is 10.6. The summed E-state index contributed by atoms with van der Waals surface area (Å²) in [7, 11) is 1.64. The Bertz CT molecular complexity index is 862. The Morgan fingerprint density at radius 2 is 1.82 bits per heavy atom. The van der Waals surface area contributed by atoms with Gasteiger partial charge in [-0.15, -0.1) is 24.0 Å². The number of anilines is 1. The number of nitrogens with one attached hydrogen (secondary N) is 2. The number of hydrogen-bond donors (Lipinski definition) is 2. The molecule has 0 aromatic heterocycles. The number of guanidine groups is 1. The molecule has 2 rings (SSSR count). The standard InChI is InChI=1S/C23H32N4O5.HI/c1-18(2)32-21-11-9-20(10-12-21)26-23(24-13-6-14-31-16-15-30-3)25-17-19-7-4-5-8-22(19)27(28)29;/h4-5,7-12,18H,6,13-17H2,1-3H3,(H2,24,25,26);1H. The summed E-state index contributed by atoms with van der Waals surface area (Å²) in [4.78, 5) is 15.4. The number of benzene rings is 2. The first-order chi connectivity index (χ1) is 15.5. The number of halogens is 1. The Hall–Kier alpha value is -2.44. The number of ether oxygens (including phenoxy) is 3. The summed E-state index contributed by atoms with van der Waals surface area (Å²) in [5, 5.41) is 17.8. The zero-order valence-electron chi connectivity index (χ0n) is 19.3. The van der Waals surface area contributed by atoms with Crippen LogP contribution in [0.1, 0.15) is 25.8 Å². The third kappa shape index (κ3) is 11.3. The van der Waals surface area contributed by atoms with Gasteiger partial charge in [-0.25, -0.2) is 4.99 Å². The summed E-state index contributed by atoms with van der Waals surface area (Å²) in [6.07, 6.45) is 0.872. The zero-order chi connectivity index (χ0) is 23.2. The minimum Gasteiger partial charge on any atom is -0.491 e. The summed E-state index contributed by atoms with van der Waals surface area (Å²) in [5.74, 6) is 1.31. The minimum atomic E-state index is -0.393. The van der Waals surface area contributed by atoms with Crippen molar-refractivity contribution in [2.75, 3.05) is 38.8 Å². The van der Waals surface area contributed by atoms with E-state index in [0.29, 0.717) is 37.9 Å². The van der Waals surface area contributed by atoms with Crippen LogP contribution in [-0.2, 0) is 16.0 Å². The van der Waals surface area contributed by atoms with Gasteiger partial charge in [0.1, 0.15) is 5.75 Å². The van der Waals surface area contributed by atoms with Gasteiger partial charge >= 0.3 is 0 Å². The maximum absolute atomic E-state index is 11.3. The van der Waals surface area contributed by atoms with Gasteiger partial charge in [0.2, 0.25) is 0 Å². The molecule has 0 atom stereocenters. The van der Waals surface area contributed by atoms with Crippen molar-refractivity contribution < 1.29 is 19.1 Å². The predicted molar refractivity (Wildman–Crippen MR) is 141 cm³/mol. The lowest BCUT2D eigenvalue weighted by molar-refractivity contribution is -0.385. The van der Waals surface area contributed by atoms with Crippen molar-refractivity contribution in [1.29, 1.82) is 0 Å². The Morgan fingerprint density at radius 1 is 1.09 bits per heavy atom. The molecule has 0 radical (unpaired) electrons. The number of aliphatic imine (C=N–C) groups is 1. The van der Waals surface area contributed by atoms with Crippen molar-refractivity contribution in [3.8, 4) is 5.75 Å². The number of para-hydroxylation sites is 1. The van der Waals surface area contributed by atoms with Gasteiger partial charge in [0.05, 0.1) is 36.3 Å². The van der Waals surface area contributed by atoms with E-state index in [-0.39, 0.29) is 42.3 Å². The molecule has 0 bridgehead atoms. The lowest BCUT2D eigenvalue weighted by Gasteiger charge is -2.14. The van der Waals surface area contributed by atoms with E-state index in [0.717, 1.165) is 17.9 Å². The molecule has 2 N–H and O–H groups in total. The highest BCUT2D eigenvalue weighted by molar-refractivity contribution is 14.0. The second kappa shape index (κ2) is 16.2. The third-order valence-electron chi connectivity index (χ3n) is 4.27. The molecule has 0 aliphatic rings. The van der Waals surface area contributed by atoms with E-state index < -0.39 is 4.92 Å². The Balaban J connectivity index is 0.00000544. The smallest absolute Gasteiger partial charge is 0.274 e. The molecule has 0 heterocycles. The van der Waals surface area contributed by atoms with E-state index in [4.69, 9.17) is 14.2 Å². The van der Waals surface area contributed by atoms with Crippen molar-refractivity contribution in [1.82, 2.24) is 5.32 Å². The molecule has 9 nitrogen and oxygen atoms in total. The fraction of sp³-hybridized carbons (Fsp3) is 0.435. The van der Waals surface area contributed by atoms with E-state index in [1.165, 1.54) is 6.07 Å². The van der Waals surface area contributed by atoms with Gasteiger partial charge in [0.15, 0.2) is 5.96 Å².